The maximum Gasteiger partial charge on any atom is 0.227 e. The van der Waals surface area contributed by atoms with E-state index in [-0.39, 0.29) is 0 Å². The van der Waals surface area contributed by atoms with Crippen LogP contribution in [0.1, 0.15) is 0 Å². The summed E-state index contributed by atoms with van der Waals surface area (Å²) >= 11 is 0. The number of fused-ring (bicyclic) bond motifs is 8. The van der Waals surface area contributed by atoms with Crippen LogP contribution in [0.4, 0.5) is 17.1 Å². The molecule has 4 nitrogen and oxygen atoms in total. The summed E-state index contributed by atoms with van der Waals surface area (Å²) in [5.41, 5.74) is 11.6. The first-order valence-electron chi connectivity index (χ1n) is 18.6. The van der Waals surface area contributed by atoms with Crippen LogP contribution in [0.15, 0.2) is 205 Å². The minimum absolute atomic E-state index is 0.616. The Morgan fingerprint density at radius 2 is 1.05 bits per heavy atom. The van der Waals surface area contributed by atoms with Crippen molar-refractivity contribution in [3.63, 3.8) is 0 Å². The third kappa shape index (κ3) is 5.11. The Kier molecular flexibility index (Phi) is 7.14. The average molecular weight is 704 g/mol. The zero-order valence-corrected chi connectivity index (χ0v) is 29.8. The maximum absolute atomic E-state index is 6.74. The summed E-state index contributed by atoms with van der Waals surface area (Å²) in [4.78, 5) is 7.36. The molecule has 0 aliphatic heterocycles. The number of nitrogens with zero attached hydrogens (tertiary/aromatic N) is 3. The molecule has 0 fully saturated rings. The molecule has 0 atom stereocenters. The van der Waals surface area contributed by atoms with Gasteiger partial charge in [-0.05, 0) is 106 Å². The van der Waals surface area contributed by atoms with Gasteiger partial charge < -0.3 is 13.9 Å². The number of rotatable bonds is 6. The van der Waals surface area contributed by atoms with Gasteiger partial charge in [0.05, 0.1) is 11.0 Å². The molecule has 0 unspecified atom stereocenters. The Balaban J connectivity index is 1.18. The van der Waals surface area contributed by atoms with Crippen molar-refractivity contribution in [1.82, 2.24) is 9.55 Å². The predicted octanol–water partition coefficient (Wildman–Crippen LogP) is 14.0. The van der Waals surface area contributed by atoms with Gasteiger partial charge in [0.15, 0.2) is 5.58 Å². The summed E-state index contributed by atoms with van der Waals surface area (Å²) in [5, 5.41) is 6.87. The van der Waals surface area contributed by atoms with Crippen molar-refractivity contribution in [2.75, 3.05) is 4.90 Å². The molecule has 0 aliphatic rings. The highest BCUT2D eigenvalue weighted by Crippen LogP contribution is 2.44. The number of para-hydroxylation sites is 3. The van der Waals surface area contributed by atoms with Crippen LogP contribution in [0.5, 0.6) is 0 Å². The molecule has 2 heterocycles. The lowest BCUT2D eigenvalue weighted by Crippen LogP contribution is -2.10. The van der Waals surface area contributed by atoms with E-state index in [4.69, 9.17) is 9.40 Å². The van der Waals surface area contributed by atoms with Crippen molar-refractivity contribution in [2.45, 2.75) is 0 Å². The standard InChI is InChI=1S/C51H33N3O/c1-5-15-34(16-6-1)44-31-36-25-26-39(32-45(36)49-43(44)29-30-46-50(49)55-51(52-46)35-17-7-2-8-18-35)53(37-19-9-3-10-20-37)40-27-28-42-41-23-13-14-24-47(41)54(48(42)33-40)38-21-11-4-12-22-38/h1-33H. The van der Waals surface area contributed by atoms with Crippen LogP contribution in [-0.4, -0.2) is 9.55 Å². The molecule has 0 N–H and O–H groups in total. The fourth-order valence-electron chi connectivity index (χ4n) is 8.28. The molecule has 55 heavy (non-hydrogen) atoms. The minimum atomic E-state index is 0.616. The van der Waals surface area contributed by atoms with Crippen LogP contribution in [0.3, 0.4) is 0 Å². The summed E-state index contributed by atoms with van der Waals surface area (Å²) in [5.74, 6) is 0.616. The monoisotopic (exact) mass is 703 g/mol. The number of anilines is 3. The number of benzene rings is 9. The van der Waals surface area contributed by atoms with E-state index in [1.807, 2.05) is 30.3 Å². The maximum atomic E-state index is 6.74. The van der Waals surface area contributed by atoms with E-state index >= 15 is 0 Å². The van der Waals surface area contributed by atoms with Crippen molar-refractivity contribution in [1.29, 1.82) is 0 Å². The molecule has 0 saturated heterocycles. The third-order valence-corrected chi connectivity index (χ3v) is 10.8. The first-order valence-corrected chi connectivity index (χ1v) is 18.6. The summed E-state index contributed by atoms with van der Waals surface area (Å²) in [7, 11) is 0. The summed E-state index contributed by atoms with van der Waals surface area (Å²) in [6, 6.07) is 71.0. The fraction of sp³-hybridized carbons (Fsp3) is 0. The van der Waals surface area contributed by atoms with E-state index in [1.165, 1.54) is 16.3 Å². The summed E-state index contributed by atoms with van der Waals surface area (Å²) in [6.07, 6.45) is 0. The molecule has 9 aromatic carbocycles. The molecule has 258 valence electrons. The number of aromatic nitrogens is 2. The van der Waals surface area contributed by atoms with Gasteiger partial charge >= 0.3 is 0 Å². The first-order chi connectivity index (χ1) is 27.3. The molecule has 0 radical (unpaired) electrons. The lowest BCUT2D eigenvalue weighted by atomic mass is 9.92. The van der Waals surface area contributed by atoms with Gasteiger partial charge in [-0.2, -0.15) is 0 Å². The number of hydrogen-bond acceptors (Lipinski definition) is 3. The minimum Gasteiger partial charge on any atom is -0.435 e. The molecular weight excluding hydrogens is 671 g/mol. The Morgan fingerprint density at radius 1 is 0.436 bits per heavy atom. The second-order valence-corrected chi connectivity index (χ2v) is 14.0. The Morgan fingerprint density at radius 3 is 1.84 bits per heavy atom. The molecule has 0 saturated carbocycles. The predicted molar refractivity (Wildman–Crippen MR) is 229 cm³/mol. The Hall–Kier alpha value is -7.43. The highest BCUT2D eigenvalue weighted by Gasteiger charge is 2.21. The van der Waals surface area contributed by atoms with Crippen LogP contribution in [0, 0.1) is 0 Å². The normalized spacial score (nSPS) is 11.6. The molecule has 0 aliphatic carbocycles. The van der Waals surface area contributed by atoms with Crippen molar-refractivity contribution in [3.05, 3.63) is 200 Å². The zero-order valence-electron chi connectivity index (χ0n) is 29.8. The molecule has 4 heteroatoms. The average Bonchev–Trinajstić information content (AvgIpc) is 3.84. The van der Waals surface area contributed by atoms with Gasteiger partial charge in [-0.25, -0.2) is 4.98 Å². The van der Waals surface area contributed by atoms with E-state index in [2.05, 4.69) is 179 Å². The van der Waals surface area contributed by atoms with Crippen LogP contribution in [-0.2, 0) is 0 Å². The molecule has 11 rings (SSSR count). The first kappa shape index (κ1) is 31.1. The van der Waals surface area contributed by atoms with Gasteiger partial charge in [-0.1, -0.05) is 121 Å². The number of hydrogen-bond donors (Lipinski definition) is 0. The Bertz CT molecular complexity index is 3190. The summed E-state index contributed by atoms with van der Waals surface area (Å²) < 4.78 is 9.12. The fourth-order valence-corrected chi connectivity index (χ4v) is 8.28. The van der Waals surface area contributed by atoms with Crippen molar-refractivity contribution >= 4 is 71.5 Å². The van der Waals surface area contributed by atoms with Crippen LogP contribution >= 0.6 is 0 Å². The van der Waals surface area contributed by atoms with Gasteiger partial charge in [0, 0.05) is 44.5 Å². The highest BCUT2D eigenvalue weighted by atomic mass is 16.3. The zero-order chi connectivity index (χ0) is 36.3. The van der Waals surface area contributed by atoms with E-state index in [0.717, 1.165) is 77.6 Å². The van der Waals surface area contributed by atoms with E-state index in [9.17, 15) is 0 Å². The van der Waals surface area contributed by atoms with Gasteiger partial charge in [0.1, 0.15) is 5.52 Å². The number of oxazole rings is 1. The molecule has 0 bridgehead atoms. The van der Waals surface area contributed by atoms with Crippen LogP contribution < -0.4 is 4.90 Å². The molecule has 0 amide bonds. The third-order valence-electron chi connectivity index (χ3n) is 10.8. The summed E-state index contributed by atoms with van der Waals surface area (Å²) in [6.45, 7) is 0. The van der Waals surface area contributed by atoms with Gasteiger partial charge in [-0.15, -0.1) is 0 Å². The largest absolute Gasteiger partial charge is 0.435 e. The SMILES string of the molecule is c1ccc(-c2nc3ccc4c(-c5ccccc5)cc5ccc(N(c6ccccc6)c6ccc7c8ccccc8n(-c8ccccc8)c7c6)cc5c4c3o2)cc1. The topological polar surface area (TPSA) is 34.2 Å². The smallest absolute Gasteiger partial charge is 0.227 e. The molecule has 0 spiro atoms. The van der Waals surface area contributed by atoms with Gasteiger partial charge in [0.2, 0.25) is 5.89 Å². The van der Waals surface area contributed by atoms with Crippen LogP contribution in [0.2, 0.25) is 0 Å². The van der Waals surface area contributed by atoms with E-state index < -0.39 is 0 Å². The Labute approximate surface area is 317 Å². The van der Waals surface area contributed by atoms with Crippen LogP contribution in [0.25, 0.3) is 82.7 Å². The van der Waals surface area contributed by atoms with Gasteiger partial charge in [-0.3, -0.25) is 0 Å². The quantitative estimate of drug-likeness (QED) is 0.162. The van der Waals surface area contributed by atoms with E-state index in [1.54, 1.807) is 0 Å². The second-order valence-electron chi connectivity index (χ2n) is 14.0. The highest BCUT2D eigenvalue weighted by molar-refractivity contribution is 6.23. The lowest BCUT2D eigenvalue weighted by Gasteiger charge is -2.26. The van der Waals surface area contributed by atoms with Crippen molar-refractivity contribution in [2.24, 2.45) is 0 Å². The second kappa shape index (κ2) is 12.6. The van der Waals surface area contributed by atoms with Crippen molar-refractivity contribution < 1.29 is 4.42 Å². The van der Waals surface area contributed by atoms with E-state index in [0.29, 0.717) is 5.89 Å². The van der Waals surface area contributed by atoms with Gasteiger partial charge in [0.25, 0.3) is 0 Å². The molecule has 11 aromatic rings. The van der Waals surface area contributed by atoms with Crippen molar-refractivity contribution in [3.8, 4) is 28.3 Å². The molecular formula is C51H33N3O. The molecule has 2 aromatic heterocycles. The lowest BCUT2D eigenvalue weighted by molar-refractivity contribution is 0.623.